The molecule has 0 saturated carbocycles. The molecule has 0 aromatic heterocycles. The quantitative estimate of drug-likeness (QED) is 0.246. The molecule has 1 N–H and O–H groups in total. The second-order valence-electron chi connectivity index (χ2n) is 8.10. The molecule has 0 unspecified atom stereocenters. The van der Waals surface area contributed by atoms with Crippen LogP contribution in [0.25, 0.3) is 22.3 Å². The van der Waals surface area contributed by atoms with Crippen LogP contribution in [-0.4, -0.2) is 29.9 Å². The number of rotatable bonds is 2. The van der Waals surface area contributed by atoms with Gasteiger partial charge in [-0.1, -0.05) is 83.9 Å². The Balaban J connectivity index is 0.000000557. The molecule has 0 fully saturated rings. The topological polar surface area (TPSA) is 30.0 Å². The standard InChI is InChI=1S/C24H25.C6H5.H2O.Sb/c1-15-10-17(3)23(18(4)11-15)21-8-7-9-22(14-21)24-19(5)12-16(2)13-20(24)6;1-2-4-6-5-3-1;;/h7-13H,1-6H3;1-5H;1H2;/p-1. The van der Waals surface area contributed by atoms with Gasteiger partial charge in [-0.25, -0.2) is 0 Å². The fraction of sp³-hybridized carbons (Fsp3) is 0.200. The van der Waals surface area contributed by atoms with Crippen molar-refractivity contribution in [3.8, 4) is 22.3 Å². The van der Waals surface area contributed by atoms with Gasteiger partial charge in [0.05, 0.1) is 0 Å². The average molecular weight is 529 g/mol. The van der Waals surface area contributed by atoms with E-state index in [0.29, 0.717) is 0 Å². The molecule has 1 nitrogen and oxygen atoms in total. The molecule has 32 heavy (non-hydrogen) atoms. The molecule has 163 valence electrons. The van der Waals surface area contributed by atoms with Gasteiger partial charge in [0.1, 0.15) is 0 Å². The first-order valence-electron chi connectivity index (χ1n) is 10.5. The molecule has 0 heterocycles. The SMILES string of the molecule is Cc1cc(C)c(-c2[c]c(-c3c(C)cc(C)cc3C)ccc2)c(C)c1.[OH-].[Sb].[c]1ccccc1. The van der Waals surface area contributed by atoms with Crippen LogP contribution in [0.4, 0.5) is 0 Å². The Hall–Kier alpha value is -2.34. The van der Waals surface area contributed by atoms with E-state index >= 15 is 0 Å². The molecule has 0 atom stereocenters. The number of hydrogen-bond donors (Lipinski definition) is 0. The molecule has 0 bridgehead atoms. The zero-order valence-corrected chi connectivity index (χ0v) is 22.4. The monoisotopic (exact) mass is 528 g/mol. The maximum atomic E-state index is 3.68. The van der Waals surface area contributed by atoms with Crippen LogP contribution in [0.1, 0.15) is 33.4 Å². The minimum absolute atomic E-state index is 0. The second-order valence-corrected chi connectivity index (χ2v) is 8.10. The molecule has 4 aromatic rings. The van der Waals surface area contributed by atoms with Gasteiger partial charge in [0.2, 0.25) is 0 Å². The van der Waals surface area contributed by atoms with Crippen molar-refractivity contribution in [1.29, 1.82) is 0 Å². The summed E-state index contributed by atoms with van der Waals surface area (Å²) in [5, 5.41) is 0. The molecular formula is C30H31OSb-. The van der Waals surface area contributed by atoms with Crippen LogP contribution in [0.3, 0.4) is 0 Å². The third-order valence-corrected chi connectivity index (χ3v) is 5.29. The summed E-state index contributed by atoms with van der Waals surface area (Å²) in [6, 6.07) is 31.7. The smallest absolute Gasteiger partial charge is 0 e. The molecule has 0 aliphatic carbocycles. The van der Waals surface area contributed by atoms with E-state index in [4.69, 9.17) is 0 Å². The Bertz CT molecular complexity index is 1000. The first kappa shape index (κ1) is 27.7. The van der Waals surface area contributed by atoms with Gasteiger partial charge in [-0.3, -0.25) is 0 Å². The van der Waals surface area contributed by atoms with Crippen LogP contribution >= 0.6 is 0 Å². The van der Waals surface area contributed by atoms with Gasteiger partial charge in [-0.2, -0.15) is 0 Å². The molecule has 0 saturated heterocycles. The zero-order chi connectivity index (χ0) is 21.7. The average Bonchev–Trinajstić information content (AvgIpc) is 2.69. The summed E-state index contributed by atoms with van der Waals surface area (Å²) in [5.41, 5.74) is 12.9. The maximum Gasteiger partial charge on any atom is 0 e. The van der Waals surface area contributed by atoms with Crippen molar-refractivity contribution in [2.24, 2.45) is 0 Å². The van der Waals surface area contributed by atoms with Gasteiger partial charge in [0, 0.05) is 24.4 Å². The molecule has 5 radical (unpaired) electrons. The van der Waals surface area contributed by atoms with Crippen LogP contribution in [0.2, 0.25) is 0 Å². The van der Waals surface area contributed by atoms with E-state index in [1.54, 1.807) is 0 Å². The van der Waals surface area contributed by atoms with E-state index in [1.165, 1.54) is 55.6 Å². The van der Waals surface area contributed by atoms with Crippen LogP contribution in [0.15, 0.2) is 72.8 Å². The molecule has 0 aliphatic heterocycles. The summed E-state index contributed by atoms with van der Waals surface area (Å²) in [5.74, 6) is 0. The number of hydrogen-bond acceptors (Lipinski definition) is 1. The Labute approximate surface area is 211 Å². The zero-order valence-electron chi connectivity index (χ0n) is 19.8. The molecule has 4 aromatic carbocycles. The predicted octanol–water partition coefficient (Wildman–Crippen LogP) is 7.60. The van der Waals surface area contributed by atoms with E-state index in [9.17, 15) is 0 Å². The van der Waals surface area contributed by atoms with Crippen molar-refractivity contribution < 1.29 is 5.48 Å². The summed E-state index contributed by atoms with van der Waals surface area (Å²) < 4.78 is 0. The number of benzene rings is 4. The summed E-state index contributed by atoms with van der Waals surface area (Å²) in [6.07, 6.45) is 0. The van der Waals surface area contributed by atoms with Gasteiger partial charge < -0.3 is 5.48 Å². The Kier molecular flexibility index (Phi) is 10.9. The van der Waals surface area contributed by atoms with Gasteiger partial charge in [0.25, 0.3) is 0 Å². The van der Waals surface area contributed by atoms with E-state index in [-0.39, 0.29) is 29.9 Å². The second kappa shape index (κ2) is 12.6. The predicted molar refractivity (Wildman–Crippen MR) is 138 cm³/mol. The van der Waals surface area contributed by atoms with Crippen LogP contribution < -0.4 is 0 Å². The van der Waals surface area contributed by atoms with Gasteiger partial charge in [-0.15, -0.1) is 0 Å². The van der Waals surface area contributed by atoms with Crippen molar-refractivity contribution >= 4 is 24.4 Å². The van der Waals surface area contributed by atoms with Crippen LogP contribution in [-0.2, 0) is 0 Å². The van der Waals surface area contributed by atoms with Gasteiger partial charge >= 0.3 is 0 Å². The Morgan fingerprint density at radius 3 is 1.19 bits per heavy atom. The van der Waals surface area contributed by atoms with E-state index in [1.807, 2.05) is 30.3 Å². The normalized spacial score (nSPS) is 9.69. The van der Waals surface area contributed by atoms with Crippen LogP contribution in [0.5, 0.6) is 0 Å². The molecule has 0 amide bonds. The van der Waals surface area contributed by atoms with Crippen molar-refractivity contribution in [3.05, 3.63) is 118 Å². The van der Waals surface area contributed by atoms with Crippen molar-refractivity contribution in [3.63, 3.8) is 0 Å². The minimum atomic E-state index is 0. The van der Waals surface area contributed by atoms with Crippen molar-refractivity contribution in [2.45, 2.75) is 41.5 Å². The first-order chi connectivity index (χ1) is 14.4. The fourth-order valence-corrected chi connectivity index (χ4v) is 4.31. The molecule has 0 aliphatic rings. The molecule has 4 rings (SSSR count). The third kappa shape index (κ3) is 6.83. The maximum absolute atomic E-state index is 3.68. The Morgan fingerprint density at radius 2 is 0.906 bits per heavy atom. The third-order valence-electron chi connectivity index (χ3n) is 5.29. The fourth-order valence-electron chi connectivity index (χ4n) is 4.31. The van der Waals surface area contributed by atoms with Crippen LogP contribution in [0, 0.1) is 53.7 Å². The number of aryl methyl sites for hydroxylation is 6. The van der Waals surface area contributed by atoms with Crippen molar-refractivity contribution in [1.82, 2.24) is 0 Å². The minimum Gasteiger partial charge on any atom is -0.870 e. The molecule has 0 spiro atoms. The summed E-state index contributed by atoms with van der Waals surface area (Å²) >= 11 is 0. The van der Waals surface area contributed by atoms with E-state index in [0.717, 1.165) is 0 Å². The summed E-state index contributed by atoms with van der Waals surface area (Å²) in [7, 11) is 0. The van der Waals surface area contributed by atoms with E-state index < -0.39 is 0 Å². The Morgan fingerprint density at radius 1 is 0.531 bits per heavy atom. The summed E-state index contributed by atoms with van der Waals surface area (Å²) in [4.78, 5) is 0. The molecular weight excluding hydrogens is 498 g/mol. The largest absolute Gasteiger partial charge is 0.870 e. The molecule has 2 heteroatoms. The van der Waals surface area contributed by atoms with Gasteiger partial charge in [0.15, 0.2) is 0 Å². The summed E-state index contributed by atoms with van der Waals surface area (Å²) in [6.45, 7) is 13.1. The van der Waals surface area contributed by atoms with E-state index in [2.05, 4.69) is 96.1 Å². The first-order valence-corrected chi connectivity index (χ1v) is 10.5. The van der Waals surface area contributed by atoms with Crippen molar-refractivity contribution in [2.75, 3.05) is 0 Å². The van der Waals surface area contributed by atoms with Gasteiger partial charge in [-0.05, 0) is 98.2 Å².